The molecule has 0 heterocycles. The van der Waals surface area contributed by atoms with Crippen LogP contribution < -0.4 is 11.1 Å². The summed E-state index contributed by atoms with van der Waals surface area (Å²) in [5.74, 6) is -0.232. The summed E-state index contributed by atoms with van der Waals surface area (Å²) >= 11 is 0. The second-order valence-corrected chi connectivity index (χ2v) is 3.70. The third-order valence-electron chi connectivity index (χ3n) is 1.77. The molecule has 0 aliphatic carbocycles. The van der Waals surface area contributed by atoms with Gasteiger partial charge in [0.15, 0.2) is 0 Å². The molecule has 2 atom stereocenters. The molecule has 4 nitrogen and oxygen atoms in total. The Kier molecular flexibility index (Phi) is 7.42. The number of rotatable bonds is 7. The van der Waals surface area contributed by atoms with Crippen LogP contribution in [0.5, 0.6) is 0 Å². The second-order valence-electron chi connectivity index (χ2n) is 3.70. The van der Waals surface area contributed by atoms with Crippen LogP contribution in [-0.2, 0) is 9.53 Å². The molecule has 0 fully saturated rings. The minimum Gasteiger partial charge on any atom is -0.465 e. The zero-order valence-corrected chi connectivity index (χ0v) is 9.38. The van der Waals surface area contributed by atoms with Gasteiger partial charge in [0.25, 0.3) is 0 Å². The van der Waals surface area contributed by atoms with Crippen LogP contribution in [0.3, 0.4) is 0 Å². The largest absolute Gasteiger partial charge is 0.465 e. The molecule has 0 radical (unpaired) electrons. The van der Waals surface area contributed by atoms with Crippen LogP contribution in [-0.4, -0.2) is 31.7 Å². The number of ether oxygens (including phenoxy) is 1. The minimum absolute atomic E-state index is 0.0969. The second kappa shape index (κ2) is 7.76. The summed E-state index contributed by atoms with van der Waals surface area (Å²) in [6.45, 7) is 7.62. The maximum Gasteiger partial charge on any atom is 0.309 e. The van der Waals surface area contributed by atoms with E-state index in [1.807, 2.05) is 20.8 Å². The van der Waals surface area contributed by atoms with Crippen molar-refractivity contribution in [1.82, 2.24) is 5.32 Å². The quantitative estimate of drug-likeness (QED) is 0.590. The summed E-state index contributed by atoms with van der Waals surface area (Å²) in [7, 11) is 0. The standard InChI is InChI=1S/C10H22N2O2/c1-4-5-14-10(13)8(2)6-12-7-9(3)11/h8-9,12H,4-7,11H2,1-3H3. The van der Waals surface area contributed by atoms with Crippen molar-refractivity contribution in [3.05, 3.63) is 0 Å². The van der Waals surface area contributed by atoms with Gasteiger partial charge in [-0.05, 0) is 13.3 Å². The molecule has 0 rings (SSSR count). The maximum absolute atomic E-state index is 11.3. The van der Waals surface area contributed by atoms with Crippen LogP contribution in [0.15, 0.2) is 0 Å². The number of nitrogens with two attached hydrogens (primary N) is 1. The third-order valence-corrected chi connectivity index (χ3v) is 1.77. The lowest BCUT2D eigenvalue weighted by Gasteiger charge is -2.13. The van der Waals surface area contributed by atoms with Gasteiger partial charge in [0.2, 0.25) is 0 Å². The summed E-state index contributed by atoms with van der Waals surface area (Å²) in [5.41, 5.74) is 5.56. The molecule has 0 bridgehead atoms. The molecular formula is C10H22N2O2. The molecule has 0 saturated carbocycles. The summed E-state index contributed by atoms with van der Waals surface area (Å²) < 4.78 is 5.00. The molecule has 0 aromatic rings. The maximum atomic E-state index is 11.3. The monoisotopic (exact) mass is 202 g/mol. The van der Waals surface area contributed by atoms with E-state index in [0.717, 1.165) is 13.0 Å². The lowest BCUT2D eigenvalue weighted by molar-refractivity contribution is -0.147. The van der Waals surface area contributed by atoms with Crippen molar-refractivity contribution in [2.75, 3.05) is 19.7 Å². The Morgan fingerprint density at radius 2 is 2.07 bits per heavy atom. The molecular weight excluding hydrogens is 180 g/mol. The summed E-state index contributed by atoms with van der Waals surface area (Å²) in [6, 6.07) is 0.119. The topological polar surface area (TPSA) is 64.3 Å². The molecule has 0 aromatic heterocycles. The lowest BCUT2D eigenvalue weighted by Crippen LogP contribution is -2.35. The molecule has 14 heavy (non-hydrogen) atoms. The highest BCUT2D eigenvalue weighted by Crippen LogP contribution is 1.97. The predicted molar refractivity (Wildman–Crippen MR) is 56.9 cm³/mol. The average Bonchev–Trinajstić information content (AvgIpc) is 2.13. The van der Waals surface area contributed by atoms with E-state index in [-0.39, 0.29) is 17.9 Å². The highest BCUT2D eigenvalue weighted by atomic mass is 16.5. The summed E-state index contributed by atoms with van der Waals surface area (Å²) in [5, 5.41) is 3.12. The first-order valence-corrected chi connectivity index (χ1v) is 5.20. The Bertz CT molecular complexity index is 160. The van der Waals surface area contributed by atoms with Gasteiger partial charge >= 0.3 is 5.97 Å². The van der Waals surface area contributed by atoms with E-state index in [9.17, 15) is 4.79 Å². The zero-order chi connectivity index (χ0) is 11.0. The Labute approximate surface area is 86.2 Å². The Hall–Kier alpha value is -0.610. The first-order chi connectivity index (χ1) is 6.57. The van der Waals surface area contributed by atoms with E-state index < -0.39 is 0 Å². The van der Waals surface area contributed by atoms with Crippen molar-refractivity contribution in [3.8, 4) is 0 Å². The molecule has 0 amide bonds. The van der Waals surface area contributed by atoms with Gasteiger partial charge in [-0.2, -0.15) is 0 Å². The number of hydrogen-bond donors (Lipinski definition) is 2. The van der Waals surface area contributed by atoms with Crippen molar-refractivity contribution in [1.29, 1.82) is 0 Å². The highest BCUT2D eigenvalue weighted by Gasteiger charge is 2.13. The molecule has 0 saturated heterocycles. The first-order valence-electron chi connectivity index (χ1n) is 5.20. The number of carbonyl (C=O) groups is 1. The minimum atomic E-state index is -0.135. The molecule has 0 aliphatic heterocycles. The summed E-state index contributed by atoms with van der Waals surface area (Å²) in [4.78, 5) is 11.3. The summed E-state index contributed by atoms with van der Waals surface area (Å²) in [6.07, 6.45) is 0.867. The van der Waals surface area contributed by atoms with Crippen molar-refractivity contribution in [2.45, 2.75) is 33.2 Å². The normalized spacial score (nSPS) is 14.9. The molecule has 0 spiro atoms. The molecule has 0 aromatic carbocycles. The van der Waals surface area contributed by atoms with E-state index in [1.165, 1.54) is 0 Å². The van der Waals surface area contributed by atoms with Gasteiger partial charge in [0.1, 0.15) is 0 Å². The fourth-order valence-electron chi connectivity index (χ4n) is 0.956. The van der Waals surface area contributed by atoms with E-state index >= 15 is 0 Å². The Morgan fingerprint density at radius 3 is 2.57 bits per heavy atom. The van der Waals surface area contributed by atoms with Crippen LogP contribution in [0.2, 0.25) is 0 Å². The van der Waals surface area contributed by atoms with Crippen LogP contribution in [0, 0.1) is 5.92 Å². The molecule has 4 heteroatoms. The molecule has 3 N–H and O–H groups in total. The van der Waals surface area contributed by atoms with Gasteiger partial charge in [-0.3, -0.25) is 4.79 Å². The smallest absolute Gasteiger partial charge is 0.309 e. The zero-order valence-electron chi connectivity index (χ0n) is 9.38. The number of esters is 1. The Balaban J connectivity index is 3.51. The van der Waals surface area contributed by atoms with Gasteiger partial charge in [-0.25, -0.2) is 0 Å². The average molecular weight is 202 g/mol. The van der Waals surface area contributed by atoms with Crippen molar-refractivity contribution in [2.24, 2.45) is 11.7 Å². The number of hydrogen-bond acceptors (Lipinski definition) is 4. The number of nitrogens with one attached hydrogen (secondary N) is 1. The number of carbonyl (C=O) groups excluding carboxylic acids is 1. The first kappa shape index (κ1) is 13.4. The van der Waals surface area contributed by atoms with Crippen LogP contribution in [0.4, 0.5) is 0 Å². The van der Waals surface area contributed by atoms with Crippen LogP contribution in [0.1, 0.15) is 27.2 Å². The highest BCUT2D eigenvalue weighted by molar-refractivity contribution is 5.72. The van der Waals surface area contributed by atoms with Gasteiger partial charge in [0.05, 0.1) is 12.5 Å². The molecule has 84 valence electrons. The van der Waals surface area contributed by atoms with E-state index in [0.29, 0.717) is 13.2 Å². The van der Waals surface area contributed by atoms with E-state index in [1.54, 1.807) is 0 Å². The fraction of sp³-hybridized carbons (Fsp3) is 0.900. The Morgan fingerprint density at radius 1 is 1.43 bits per heavy atom. The van der Waals surface area contributed by atoms with Gasteiger partial charge in [-0.1, -0.05) is 13.8 Å². The van der Waals surface area contributed by atoms with E-state index in [2.05, 4.69) is 5.32 Å². The van der Waals surface area contributed by atoms with Crippen LogP contribution in [0.25, 0.3) is 0 Å². The molecule has 0 aliphatic rings. The van der Waals surface area contributed by atoms with E-state index in [4.69, 9.17) is 10.5 Å². The van der Waals surface area contributed by atoms with Crippen molar-refractivity contribution >= 4 is 5.97 Å². The van der Waals surface area contributed by atoms with Crippen LogP contribution >= 0.6 is 0 Å². The third kappa shape index (κ3) is 6.86. The van der Waals surface area contributed by atoms with Crippen molar-refractivity contribution in [3.63, 3.8) is 0 Å². The molecule has 2 unspecified atom stereocenters. The SMILES string of the molecule is CCCOC(=O)C(C)CNCC(C)N. The van der Waals surface area contributed by atoms with Gasteiger partial charge in [-0.15, -0.1) is 0 Å². The van der Waals surface area contributed by atoms with Gasteiger partial charge < -0.3 is 15.8 Å². The lowest BCUT2D eigenvalue weighted by atomic mass is 10.2. The predicted octanol–water partition coefficient (Wildman–Crippen LogP) is 0.513. The van der Waals surface area contributed by atoms with Crippen molar-refractivity contribution < 1.29 is 9.53 Å². The van der Waals surface area contributed by atoms with Gasteiger partial charge in [0, 0.05) is 19.1 Å². The fourth-order valence-corrected chi connectivity index (χ4v) is 0.956.